The average molecular weight is 409 g/mol. The van der Waals surface area contributed by atoms with Gasteiger partial charge in [0, 0.05) is 5.56 Å². The van der Waals surface area contributed by atoms with E-state index in [-0.39, 0.29) is 23.3 Å². The van der Waals surface area contributed by atoms with Crippen LogP contribution in [-0.2, 0) is 6.42 Å². The number of benzene rings is 1. The number of aliphatic hydroxyl groups is 2. The molecular formula is C23H36O6. The van der Waals surface area contributed by atoms with Crippen LogP contribution in [0.5, 0.6) is 11.5 Å². The second kappa shape index (κ2) is 10.1. The number of phenols is 2. The number of allylic oxidation sites excluding steroid dienone is 2. The largest absolute Gasteiger partial charge is 0.508 e. The topological polar surface area (TPSA) is 118 Å². The summed E-state index contributed by atoms with van der Waals surface area (Å²) in [5.41, 5.74) is -0.146. The second-order valence-electron chi connectivity index (χ2n) is 8.99. The number of rotatable bonds is 11. The number of aromatic hydroxyl groups is 2. The third-order valence-electron chi connectivity index (χ3n) is 5.24. The molecule has 0 saturated heterocycles. The predicted molar refractivity (Wildman–Crippen MR) is 114 cm³/mol. The molecule has 0 heterocycles. The van der Waals surface area contributed by atoms with Crippen molar-refractivity contribution in [2.45, 2.75) is 90.8 Å². The van der Waals surface area contributed by atoms with Gasteiger partial charge in [-0.2, -0.15) is 0 Å². The van der Waals surface area contributed by atoms with Gasteiger partial charge in [0.1, 0.15) is 17.1 Å². The van der Waals surface area contributed by atoms with Crippen molar-refractivity contribution in [3.8, 4) is 11.5 Å². The molecule has 0 amide bonds. The molecule has 0 bridgehead atoms. The van der Waals surface area contributed by atoms with Crippen molar-refractivity contribution in [1.82, 2.24) is 0 Å². The highest BCUT2D eigenvalue weighted by molar-refractivity contribution is 5.93. The fourth-order valence-electron chi connectivity index (χ4n) is 3.45. The zero-order chi connectivity index (χ0) is 22.4. The molecule has 29 heavy (non-hydrogen) atoms. The van der Waals surface area contributed by atoms with E-state index in [1.54, 1.807) is 13.8 Å². The Morgan fingerprint density at radius 1 is 1.07 bits per heavy atom. The maximum atomic E-state index is 11.3. The van der Waals surface area contributed by atoms with E-state index in [9.17, 15) is 30.3 Å². The Hall–Kier alpha value is -2.05. The van der Waals surface area contributed by atoms with Gasteiger partial charge in [-0.05, 0) is 91.2 Å². The lowest BCUT2D eigenvalue weighted by molar-refractivity contribution is 0.0226. The van der Waals surface area contributed by atoms with Crippen molar-refractivity contribution in [3.05, 3.63) is 34.4 Å². The van der Waals surface area contributed by atoms with E-state index >= 15 is 0 Å². The van der Waals surface area contributed by atoms with Crippen molar-refractivity contribution >= 4 is 5.97 Å². The van der Waals surface area contributed by atoms with Crippen LogP contribution >= 0.6 is 0 Å². The van der Waals surface area contributed by atoms with E-state index in [1.165, 1.54) is 13.0 Å². The molecule has 5 N–H and O–H groups in total. The van der Waals surface area contributed by atoms with Gasteiger partial charge < -0.3 is 25.5 Å². The van der Waals surface area contributed by atoms with E-state index in [0.29, 0.717) is 24.8 Å². The third-order valence-corrected chi connectivity index (χ3v) is 5.24. The molecule has 1 unspecified atom stereocenters. The standard InChI is InChI=1S/C23H36O6/c1-15(8-6-12-23(5,29)13-7-11-22(3,4)28)9-10-17-18(24)14-16(2)19(20(17)25)21(26)27/h9,14,24-25,28-29H,6-8,10-13H2,1-5H3,(H,26,27)/b15-9+. The highest BCUT2D eigenvalue weighted by Crippen LogP contribution is 2.34. The summed E-state index contributed by atoms with van der Waals surface area (Å²) in [6.45, 7) is 8.80. The summed E-state index contributed by atoms with van der Waals surface area (Å²) in [6, 6.07) is 1.35. The molecule has 6 nitrogen and oxygen atoms in total. The smallest absolute Gasteiger partial charge is 0.339 e. The number of carboxylic acids is 1. The third kappa shape index (κ3) is 8.46. The Balaban J connectivity index is 2.63. The first-order chi connectivity index (χ1) is 13.2. The van der Waals surface area contributed by atoms with Crippen molar-refractivity contribution in [1.29, 1.82) is 0 Å². The van der Waals surface area contributed by atoms with Gasteiger partial charge in [0.15, 0.2) is 0 Å². The number of carboxylic acid groups (broad SMARTS) is 1. The minimum atomic E-state index is -1.23. The fraction of sp³-hybridized carbons (Fsp3) is 0.609. The average Bonchev–Trinajstić information content (AvgIpc) is 2.51. The maximum Gasteiger partial charge on any atom is 0.339 e. The van der Waals surface area contributed by atoms with Crippen molar-refractivity contribution in [2.24, 2.45) is 0 Å². The number of hydrogen-bond donors (Lipinski definition) is 5. The van der Waals surface area contributed by atoms with E-state index < -0.39 is 22.9 Å². The van der Waals surface area contributed by atoms with Crippen LogP contribution < -0.4 is 0 Å². The Labute approximate surface area is 173 Å². The summed E-state index contributed by atoms with van der Waals surface area (Å²) >= 11 is 0. The van der Waals surface area contributed by atoms with Crippen LogP contribution in [-0.4, -0.2) is 42.7 Å². The lowest BCUT2D eigenvalue weighted by Gasteiger charge is -2.25. The molecule has 0 spiro atoms. The van der Waals surface area contributed by atoms with Crippen LogP contribution in [0.2, 0.25) is 0 Å². The van der Waals surface area contributed by atoms with Crippen molar-refractivity contribution < 1.29 is 30.3 Å². The summed E-state index contributed by atoms with van der Waals surface area (Å²) in [4.78, 5) is 11.3. The molecule has 1 atom stereocenters. The molecule has 1 aromatic rings. The quantitative estimate of drug-likeness (QED) is 0.345. The normalized spacial score (nSPS) is 14.7. The molecule has 0 fully saturated rings. The van der Waals surface area contributed by atoms with Gasteiger partial charge in [-0.15, -0.1) is 0 Å². The molecule has 1 rings (SSSR count). The van der Waals surface area contributed by atoms with Crippen LogP contribution in [0, 0.1) is 6.92 Å². The second-order valence-corrected chi connectivity index (χ2v) is 8.99. The molecule has 0 radical (unpaired) electrons. The SMILES string of the molecule is C/C(=C\Cc1c(O)cc(C)c(C(=O)O)c1O)CCCC(C)(O)CCCC(C)(C)O. The van der Waals surface area contributed by atoms with Gasteiger partial charge in [0.25, 0.3) is 0 Å². The van der Waals surface area contributed by atoms with E-state index in [4.69, 9.17) is 0 Å². The number of aryl methyl sites for hydroxylation is 1. The Kier molecular flexibility index (Phi) is 8.72. The van der Waals surface area contributed by atoms with Gasteiger partial charge in [-0.25, -0.2) is 4.79 Å². The van der Waals surface area contributed by atoms with E-state index in [1.807, 2.05) is 19.9 Å². The molecule has 0 aliphatic heterocycles. The van der Waals surface area contributed by atoms with E-state index in [0.717, 1.165) is 24.8 Å². The fourth-order valence-corrected chi connectivity index (χ4v) is 3.45. The van der Waals surface area contributed by atoms with Crippen LogP contribution in [0.1, 0.15) is 87.7 Å². The number of phenolic OH excluding ortho intramolecular Hbond substituents is 1. The van der Waals surface area contributed by atoms with Crippen LogP contribution in [0.4, 0.5) is 0 Å². The lowest BCUT2D eigenvalue weighted by atomic mass is 9.89. The van der Waals surface area contributed by atoms with Gasteiger partial charge in [-0.1, -0.05) is 11.6 Å². The van der Waals surface area contributed by atoms with Gasteiger partial charge in [0.2, 0.25) is 0 Å². The van der Waals surface area contributed by atoms with E-state index in [2.05, 4.69) is 0 Å². The first-order valence-corrected chi connectivity index (χ1v) is 10.1. The van der Waals surface area contributed by atoms with Gasteiger partial charge in [-0.3, -0.25) is 0 Å². The monoisotopic (exact) mass is 408 g/mol. The first kappa shape index (κ1) is 25.0. The van der Waals surface area contributed by atoms with Gasteiger partial charge in [0.05, 0.1) is 11.2 Å². The minimum Gasteiger partial charge on any atom is -0.508 e. The molecular weight excluding hydrogens is 372 g/mol. The minimum absolute atomic E-state index is 0.121. The summed E-state index contributed by atoms with van der Waals surface area (Å²) in [6.07, 6.45) is 6.28. The molecule has 0 aliphatic carbocycles. The molecule has 0 aliphatic rings. The molecule has 164 valence electrons. The summed E-state index contributed by atoms with van der Waals surface area (Å²) in [5.74, 6) is -1.74. The highest BCUT2D eigenvalue weighted by atomic mass is 16.4. The zero-order valence-electron chi connectivity index (χ0n) is 18.2. The zero-order valence-corrected chi connectivity index (χ0v) is 18.2. The van der Waals surface area contributed by atoms with Crippen LogP contribution in [0.15, 0.2) is 17.7 Å². The van der Waals surface area contributed by atoms with Crippen LogP contribution in [0.25, 0.3) is 0 Å². The highest BCUT2D eigenvalue weighted by Gasteiger charge is 2.22. The predicted octanol–water partition coefficient (Wildman–Crippen LogP) is 4.46. The Morgan fingerprint density at radius 3 is 2.21 bits per heavy atom. The first-order valence-electron chi connectivity index (χ1n) is 10.1. The molecule has 0 saturated carbocycles. The summed E-state index contributed by atoms with van der Waals surface area (Å²) in [5, 5.41) is 49.8. The number of aromatic carboxylic acids is 1. The molecule has 1 aromatic carbocycles. The van der Waals surface area contributed by atoms with Gasteiger partial charge >= 0.3 is 5.97 Å². The molecule has 0 aromatic heterocycles. The number of carbonyl (C=O) groups is 1. The van der Waals surface area contributed by atoms with Crippen molar-refractivity contribution in [2.75, 3.05) is 0 Å². The summed E-state index contributed by atoms with van der Waals surface area (Å²) < 4.78 is 0. The molecule has 6 heteroatoms. The Morgan fingerprint density at radius 2 is 1.66 bits per heavy atom. The number of hydrogen-bond acceptors (Lipinski definition) is 5. The van der Waals surface area contributed by atoms with Crippen LogP contribution in [0.3, 0.4) is 0 Å². The Bertz CT molecular complexity index is 741. The summed E-state index contributed by atoms with van der Waals surface area (Å²) in [7, 11) is 0. The lowest BCUT2D eigenvalue weighted by Crippen LogP contribution is -2.26. The maximum absolute atomic E-state index is 11.3. The van der Waals surface area contributed by atoms with Crippen molar-refractivity contribution in [3.63, 3.8) is 0 Å².